The number of halogens is 2. The highest BCUT2D eigenvalue weighted by atomic mass is 79.9. The molecule has 25 heavy (non-hydrogen) atoms. The molecule has 8 heteroatoms. The van der Waals surface area contributed by atoms with Gasteiger partial charge < -0.3 is 15.1 Å². The molecule has 2 aromatic heterocycles. The van der Waals surface area contributed by atoms with Gasteiger partial charge in [0.25, 0.3) is 5.91 Å². The summed E-state index contributed by atoms with van der Waals surface area (Å²) in [6.45, 7) is 2.34. The van der Waals surface area contributed by atoms with Crippen LogP contribution in [0.1, 0.15) is 21.8 Å². The van der Waals surface area contributed by atoms with Crippen LogP contribution in [-0.4, -0.2) is 15.9 Å². The van der Waals surface area contributed by atoms with Crippen LogP contribution in [-0.2, 0) is 6.54 Å². The van der Waals surface area contributed by atoms with Crippen LogP contribution in [0.5, 0.6) is 0 Å². The number of amides is 1. The fourth-order valence-corrected chi connectivity index (χ4v) is 2.53. The van der Waals surface area contributed by atoms with E-state index < -0.39 is 5.91 Å². The van der Waals surface area contributed by atoms with Gasteiger partial charge in [-0.3, -0.25) is 4.79 Å². The van der Waals surface area contributed by atoms with Gasteiger partial charge in [-0.15, -0.1) is 0 Å². The fraction of sp³-hybridized carbons (Fsp3) is 0.118. The lowest BCUT2D eigenvalue weighted by Crippen LogP contribution is -2.16. The molecule has 0 aliphatic carbocycles. The molecule has 128 valence electrons. The standard InChI is InChI=1S/C17H14BrClN4O2/c1-10-7-11(4-5-13(10)18)22-16(24)15-14(19)9-21-17(23-15)20-8-12-3-2-6-25-12/h2-7,9H,8H2,1H3,(H,22,24)(H,20,21,23). The number of nitrogens with zero attached hydrogens (tertiary/aromatic N) is 2. The second-order valence-electron chi connectivity index (χ2n) is 5.24. The number of furan rings is 1. The maximum atomic E-state index is 12.5. The zero-order valence-corrected chi connectivity index (χ0v) is 15.6. The summed E-state index contributed by atoms with van der Waals surface area (Å²) in [6, 6.07) is 9.13. The third-order valence-electron chi connectivity index (χ3n) is 3.38. The van der Waals surface area contributed by atoms with Crippen LogP contribution in [0.2, 0.25) is 5.02 Å². The van der Waals surface area contributed by atoms with Crippen molar-refractivity contribution in [3.8, 4) is 0 Å². The molecule has 0 atom stereocenters. The van der Waals surface area contributed by atoms with Gasteiger partial charge in [0.2, 0.25) is 5.95 Å². The highest BCUT2D eigenvalue weighted by molar-refractivity contribution is 9.10. The van der Waals surface area contributed by atoms with Crippen molar-refractivity contribution in [2.24, 2.45) is 0 Å². The lowest BCUT2D eigenvalue weighted by molar-refractivity contribution is 0.102. The van der Waals surface area contributed by atoms with Gasteiger partial charge in [0, 0.05) is 10.2 Å². The average Bonchev–Trinajstić information content (AvgIpc) is 3.11. The van der Waals surface area contributed by atoms with Crippen molar-refractivity contribution in [3.63, 3.8) is 0 Å². The van der Waals surface area contributed by atoms with E-state index in [0.29, 0.717) is 12.2 Å². The van der Waals surface area contributed by atoms with E-state index in [9.17, 15) is 4.79 Å². The number of anilines is 2. The third kappa shape index (κ3) is 4.37. The minimum Gasteiger partial charge on any atom is -0.467 e. The van der Waals surface area contributed by atoms with Gasteiger partial charge in [0.15, 0.2) is 5.69 Å². The van der Waals surface area contributed by atoms with E-state index in [0.717, 1.165) is 15.8 Å². The molecule has 3 rings (SSSR count). The van der Waals surface area contributed by atoms with Crippen LogP contribution >= 0.6 is 27.5 Å². The quantitative estimate of drug-likeness (QED) is 0.626. The second kappa shape index (κ2) is 7.67. The first-order valence-electron chi connectivity index (χ1n) is 7.39. The summed E-state index contributed by atoms with van der Waals surface area (Å²) in [5.74, 6) is 0.614. The molecule has 3 aromatic rings. The number of hydrogen-bond donors (Lipinski definition) is 2. The van der Waals surface area contributed by atoms with Crippen LogP contribution in [0.15, 0.2) is 51.7 Å². The van der Waals surface area contributed by atoms with Crippen molar-refractivity contribution >= 4 is 45.1 Å². The largest absolute Gasteiger partial charge is 0.467 e. The summed E-state index contributed by atoms with van der Waals surface area (Å²) >= 11 is 9.50. The number of rotatable bonds is 5. The lowest BCUT2D eigenvalue weighted by Gasteiger charge is -2.09. The zero-order chi connectivity index (χ0) is 17.8. The molecule has 6 nitrogen and oxygen atoms in total. The summed E-state index contributed by atoms with van der Waals surface area (Å²) < 4.78 is 6.20. The maximum absolute atomic E-state index is 12.5. The van der Waals surface area contributed by atoms with Gasteiger partial charge in [-0.05, 0) is 42.8 Å². The number of aromatic nitrogens is 2. The highest BCUT2D eigenvalue weighted by Gasteiger charge is 2.15. The minimum atomic E-state index is -0.407. The Bertz CT molecular complexity index is 900. The normalized spacial score (nSPS) is 10.5. The van der Waals surface area contributed by atoms with Crippen molar-refractivity contribution in [2.45, 2.75) is 13.5 Å². The molecule has 0 fully saturated rings. The molecule has 0 spiro atoms. The van der Waals surface area contributed by atoms with Crippen LogP contribution < -0.4 is 10.6 Å². The Morgan fingerprint density at radius 3 is 2.92 bits per heavy atom. The molecule has 0 saturated carbocycles. The lowest BCUT2D eigenvalue weighted by atomic mass is 10.2. The molecule has 1 amide bonds. The Labute approximate surface area is 157 Å². The summed E-state index contributed by atoms with van der Waals surface area (Å²) in [5.41, 5.74) is 1.76. The molecule has 2 heterocycles. The summed E-state index contributed by atoms with van der Waals surface area (Å²) in [5, 5.41) is 5.95. The third-order valence-corrected chi connectivity index (χ3v) is 4.54. The van der Waals surface area contributed by atoms with E-state index in [1.54, 1.807) is 18.4 Å². The van der Waals surface area contributed by atoms with E-state index >= 15 is 0 Å². The monoisotopic (exact) mass is 420 g/mol. The summed E-state index contributed by atoms with van der Waals surface area (Å²) in [7, 11) is 0. The predicted molar refractivity (Wildman–Crippen MR) is 99.9 cm³/mol. The highest BCUT2D eigenvalue weighted by Crippen LogP contribution is 2.21. The van der Waals surface area contributed by atoms with Gasteiger partial charge in [0.05, 0.1) is 24.0 Å². The SMILES string of the molecule is Cc1cc(NC(=O)c2nc(NCc3ccco3)ncc2Cl)ccc1Br. The molecular formula is C17H14BrClN4O2. The molecule has 1 aromatic carbocycles. The zero-order valence-electron chi connectivity index (χ0n) is 13.2. The van der Waals surface area contributed by atoms with Crippen molar-refractivity contribution in [2.75, 3.05) is 10.6 Å². The smallest absolute Gasteiger partial charge is 0.276 e. The van der Waals surface area contributed by atoms with Crippen molar-refractivity contribution in [1.29, 1.82) is 0 Å². The van der Waals surface area contributed by atoms with E-state index in [4.69, 9.17) is 16.0 Å². The van der Waals surface area contributed by atoms with Crippen molar-refractivity contribution < 1.29 is 9.21 Å². The molecule has 0 bridgehead atoms. The van der Waals surface area contributed by atoms with Crippen LogP contribution in [0.25, 0.3) is 0 Å². The Morgan fingerprint density at radius 1 is 1.36 bits per heavy atom. The van der Waals surface area contributed by atoms with Crippen LogP contribution in [0.3, 0.4) is 0 Å². The topological polar surface area (TPSA) is 80.0 Å². The number of benzene rings is 1. The van der Waals surface area contributed by atoms with Gasteiger partial charge in [-0.2, -0.15) is 0 Å². The minimum absolute atomic E-state index is 0.0965. The van der Waals surface area contributed by atoms with Gasteiger partial charge in [-0.1, -0.05) is 27.5 Å². The number of hydrogen-bond acceptors (Lipinski definition) is 5. The molecule has 2 N–H and O–H groups in total. The van der Waals surface area contributed by atoms with E-state index in [1.807, 2.05) is 25.1 Å². The number of nitrogens with one attached hydrogen (secondary N) is 2. The molecule has 0 saturated heterocycles. The summed E-state index contributed by atoms with van der Waals surface area (Å²) in [4.78, 5) is 20.7. The van der Waals surface area contributed by atoms with E-state index in [-0.39, 0.29) is 16.7 Å². The Kier molecular flexibility index (Phi) is 5.35. The first kappa shape index (κ1) is 17.4. The molecule has 0 aliphatic heterocycles. The number of aryl methyl sites for hydroxylation is 1. The Hall–Kier alpha value is -2.38. The number of carbonyl (C=O) groups is 1. The van der Waals surface area contributed by atoms with Gasteiger partial charge in [0.1, 0.15) is 5.76 Å². The second-order valence-corrected chi connectivity index (χ2v) is 6.50. The van der Waals surface area contributed by atoms with Crippen LogP contribution in [0.4, 0.5) is 11.6 Å². The Morgan fingerprint density at radius 2 is 2.20 bits per heavy atom. The molecular weight excluding hydrogens is 408 g/mol. The van der Waals surface area contributed by atoms with E-state index in [1.165, 1.54) is 6.20 Å². The van der Waals surface area contributed by atoms with Crippen LogP contribution in [0, 0.1) is 6.92 Å². The van der Waals surface area contributed by atoms with Crippen molar-refractivity contribution in [3.05, 3.63) is 69.3 Å². The predicted octanol–water partition coefficient (Wildman–Crippen LogP) is 4.66. The number of carbonyl (C=O) groups excluding carboxylic acids is 1. The van der Waals surface area contributed by atoms with E-state index in [2.05, 4.69) is 36.5 Å². The van der Waals surface area contributed by atoms with Gasteiger partial charge in [-0.25, -0.2) is 9.97 Å². The van der Waals surface area contributed by atoms with Crippen molar-refractivity contribution in [1.82, 2.24) is 9.97 Å². The maximum Gasteiger partial charge on any atom is 0.276 e. The van der Waals surface area contributed by atoms with Gasteiger partial charge >= 0.3 is 0 Å². The Balaban J connectivity index is 1.74. The first-order valence-corrected chi connectivity index (χ1v) is 8.56. The fourth-order valence-electron chi connectivity index (χ4n) is 2.10. The molecule has 0 aliphatic rings. The molecule has 0 radical (unpaired) electrons. The summed E-state index contributed by atoms with van der Waals surface area (Å²) in [6.07, 6.45) is 2.97. The average molecular weight is 422 g/mol. The first-order chi connectivity index (χ1) is 12.0. The molecule has 0 unspecified atom stereocenters.